The van der Waals surface area contributed by atoms with E-state index in [0.29, 0.717) is 9.78 Å². The van der Waals surface area contributed by atoms with Gasteiger partial charge in [-0.15, -0.1) is 23.1 Å². The number of primary amides is 1. The molecule has 2 aliphatic heterocycles. The van der Waals surface area contributed by atoms with Crippen molar-refractivity contribution in [2.45, 2.75) is 51.4 Å². The number of alkyl carbamates (subject to hydrolysis) is 1. The standard InChI is InChI=1S/C29H35Cl3N4O14S2/c1-46-12-27(13-47-2)16(11-49-25(33)44)20(22(41)42)35-23(43)29(48-3,24(35)52-27)36(19(38)10-15-6-5-9-51-15)18(37)8-4-7-17(21(39)40)34-26(45)50-14-28(30,31)32/h5-6,9,17,24H,4,7-8,10-14H2,1-3H3,(H2,33,44)(H,34,45)(H,39,40)(H,41,42)/t17?,24-,29-/m0/s1. The van der Waals surface area contributed by atoms with Gasteiger partial charge in [-0.1, -0.05) is 40.9 Å². The van der Waals surface area contributed by atoms with Gasteiger partial charge in [-0.25, -0.2) is 24.1 Å². The van der Waals surface area contributed by atoms with E-state index in [1.54, 1.807) is 17.5 Å². The highest BCUT2D eigenvalue weighted by Gasteiger charge is 2.73. The first-order valence-electron chi connectivity index (χ1n) is 14.9. The molecule has 5 amide bonds. The van der Waals surface area contributed by atoms with Crippen molar-refractivity contribution < 1.29 is 67.5 Å². The first-order valence-corrected chi connectivity index (χ1v) is 17.8. The molecule has 3 rings (SSSR count). The molecule has 1 saturated heterocycles. The monoisotopic (exact) mass is 832 g/mol. The molecule has 288 valence electrons. The summed E-state index contributed by atoms with van der Waals surface area (Å²) in [6, 6.07) is 1.71. The summed E-state index contributed by atoms with van der Waals surface area (Å²) in [5, 5.41) is 22.4. The van der Waals surface area contributed by atoms with Crippen LogP contribution in [0.4, 0.5) is 9.59 Å². The van der Waals surface area contributed by atoms with Crippen LogP contribution in [-0.4, -0.2) is 135 Å². The third-order valence-corrected chi connectivity index (χ3v) is 10.6. The Morgan fingerprint density at radius 2 is 1.73 bits per heavy atom. The quantitative estimate of drug-likeness (QED) is 0.0939. The van der Waals surface area contributed by atoms with Crippen molar-refractivity contribution in [3.05, 3.63) is 33.7 Å². The molecule has 3 heterocycles. The van der Waals surface area contributed by atoms with E-state index in [9.17, 15) is 43.8 Å². The van der Waals surface area contributed by atoms with E-state index in [-0.39, 0.29) is 38.0 Å². The normalized spacial score (nSPS) is 19.9. The second-order valence-corrected chi connectivity index (χ2v) is 16.2. The number of nitrogens with two attached hydrogens (primary N) is 1. The van der Waals surface area contributed by atoms with Crippen LogP contribution in [-0.2, 0) is 54.1 Å². The summed E-state index contributed by atoms with van der Waals surface area (Å²) in [6.07, 6.45) is -3.95. The number of carbonyl (C=O) groups excluding carboxylic acids is 5. The predicted molar refractivity (Wildman–Crippen MR) is 185 cm³/mol. The van der Waals surface area contributed by atoms with E-state index >= 15 is 0 Å². The van der Waals surface area contributed by atoms with Crippen molar-refractivity contribution in [1.29, 1.82) is 0 Å². The summed E-state index contributed by atoms with van der Waals surface area (Å²) in [7, 11) is 3.69. The Balaban J connectivity index is 2.03. The van der Waals surface area contributed by atoms with Crippen molar-refractivity contribution in [3.63, 3.8) is 0 Å². The summed E-state index contributed by atoms with van der Waals surface area (Å²) in [5.41, 5.74) is 2.00. The smallest absolute Gasteiger partial charge is 0.407 e. The Morgan fingerprint density at radius 3 is 2.23 bits per heavy atom. The van der Waals surface area contributed by atoms with Gasteiger partial charge in [0.05, 0.1) is 24.4 Å². The van der Waals surface area contributed by atoms with Gasteiger partial charge in [-0.05, 0) is 24.3 Å². The molecule has 18 nitrogen and oxygen atoms in total. The number of halogens is 3. The summed E-state index contributed by atoms with van der Waals surface area (Å²) in [4.78, 5) is 92.7. The van der Waals surface area contributed by atoms with E-state index in [2.05, 4.69) is 5.32 Å². The van der Waals surface area contributed by atoms with Gasteiger partial charge in [0.25, 0.3) is 11.6 Å². The van der Waals surface area contributed by atoms with Gasteiger partial charge >= 0.3 is 24.1 Å². The van der Waals surface area contributed by atoms with Crippen molar-refractivity contribution >= 4 is 99.7 Å². The van der Waals surface area contributed by atoms with Gasteiger partial charge in [0, 0.05) is 38.2 Å². The topological polar surface area (TPSA) is 251 Å². The minimum absolute atomic E-state index is 0.107. The minimum Gasteiger partial charge on any atom is -0.480 e. The lowest BCUT2D eigenvalue weighted by Gasteiger charge is -2.61. The van der Waals surface area contributed by atoms with Crippen molar-refractivity contribution in [2.24, 2.45) is 5.73 Å². The number of carbonyl (C=O) groups is 7. The molecule has 1 unspecified atom stereocenters. The molecule has 0 bridgehead atoms. The number of carboxylic acids is 2. The zero-order valence-electron chi connectivity index (χ0n) is 27.8. The number of thiophene rings is 1. The molecule has 0 saturated carbocycles. The highest BCUT2D eigenvalue weighted by Crippen LogP contribution is 2.56. The molecule has 0 radical (unpaired) electrons. The number of thioether (sulfide) groups is 1. The molecule has 0 aromatic carbocycles. The maximum atomic E-state index is 14.2. The van der Waals surface area contributed by atoms with Crippen LogP contribution in [0.15, 0.2) is 28.8 Å². The summed E-state index contributed by atoms with van der Waals surface area (Å²) in [5.74, 6) is -6.09. The number of hydrogen-bond acceptors (Lipinski definition) is 14. The average Bonchev–Trinajstić information content (AvgIpc) is 3.57. The van der Waals surface area contributed by atoms with Crippen LogP contribution >= 0.6 is 57.9 Å². The van der Waals surface area contributed by atoms with Gasteiger partial charge in [-0.3, -0.25) is 19.3 Å². The number of nitrogens with zero attached hydrogens (tertiary/aromatic N) is 2. The molecule has 2 aliphatic rings. The van der Waals surface area contributed by atoms with Gasteiger partial charge in [0.1, 0.15) is 30.3 Å². The van der Waals surface area contributed by atoms with Gasteiger partial charge < -0.3 is 44.9 Å². The Kier molecular flexibility index (Phi) is 15.0. The molecule has 1 aromatic rings. The second-order valence-electron chi connectivity index (χ2n) is 11.1. The van der Waals surface area contributed by atoms with E-state index in [0.717, 1.165) is 23.8 Å². The number of ether oxygens (including phenoxy) is 5. The maximum Gasteiger partial charge on any atom is 0.407 e. The molecule has 0 aliphatic carbocycles. The largest absolute Gasteiger partial charge is 0.480 e. The number of methoxy groups -OCH3 is 3. The van der Waals surface area contributed by atoms with Gasteiger partial charge in [0.15, 0.2) is 0 Å². The van der Waals surface area contributed by atoms with E-state index in [1.807, 2.05) is 0 Å². The molecule has 5 N–H and O–H groups in total. The van der Waals surface area contributed by atoms with Crippen LogP contribution in [0.2, 0.25) is 0 Å². The maximum absolute atomic E-state index is 14.2. The number of β-lactam (4-membered cyclic amide) rings is 1. The lowest BCUT2D eigenvalue weighted by Crippen LogP contribution is -2.83. The fraction of sp³-hybridized carbons (Fsp3) is 0.552. The number of amides is 5. The van der Waals surface area contributed by atoms with Crippen LogP contribution in [0.3, 0.4) is 0 Å². The molecule has 0 spiro atoms. The van der Waals surface area contributed by atoms with Crippen LogP contribution in [0, 0.1) is 0 Å². The Bertz CT molecular complexity index is 1570. The summed E-state index contributed by atoms with van der Waals surface area (Å²) >= 11 is 18.7. The first-order chi connectivity index (χ1) is 24.4. The highest BCUT2D eigenvalue weighted by atomic mass is 35.6. The fourth-order valence-electron chi connectivity index (χ4n) is 5.61. The zero-order valence-corrected chi connectivity index (χ0v) is 31.7. The number of alkyl halides is 3. The van der Waals surface area contributed by atoms with Gasteiger partial charge in [0.2, 0.25) is 15.6 Å². The Morgan fingerprint density at radius 1 is 1.08 bits per heavy atom. The molecular formula is C29H35Cl3N4O14S2. The number of nitrogens with one attached hydrogen (secondary N) is 1. The summed E-state index contributed by atoms with van der Waals surface area (Å²) in [6.45, 7) is -1.89. The van der Waals surface area contributed by atoms with E-state index in [1.165, 1.54) is 25.6 Å². The molecule has 3 atom stereocenters. The van der Waals surface area contributed by atoms with Crippen LogP contribution in [0.1, 0.15) is 24.1 Å². The van der Waals surface area contributed by atoms with Crippen LogP contribution < -0.4 is 11.1 Å². The number of carboxylic acid groups (broad SMARTS) is 2. The molecule has 52 heavy (non-hydrogen) atoms. The zero-order chi connectivity index (χ0) is 39.0. The highest BCUT2D eigenvalue weighted by molar-refractivity contribution is 8.01. The fourth-order valence-corrected chi connectivity index (χ4v) is 8.34. The van der Waals surface area contributed by atoms with Crippen LogP contribution in [0.5, 0.6) is 0 Å². The van der Waals surface area contributed by atoms with E-state index < -0.39 is 92.9 Å². The molecule has 1 fully saturated rings. The Hall–Kier alpha value is -3.37. The number of imide groups is 1. The third kappa shape index (κ3) is 9.59. The summed E-state index contributed by atoms with van der Waals surface area (Å²) < 4.78 is 22.8. The Labute approximate surface area is 319 Å². The number of aliphatic carboxylic acids is 2. The number of rotatable bonds is 18. The first kappa shape index (κ1) is 43.0. The van der Waals surface area contributed by atoms with Crippen molar-refractivity contribution in [3.8, 4) is 0 Å². The van der Waals surface area contributed by atoms with E-state index in [4.69, 9.17) is 64.2 Å². The minimum atomic E-state index is -2.43. The lowest BCUT2D eigenvalue weighted by atomic mass is 9.90. The van der Waals surface area contributed by atoms with Gasteiger partial charge in [-0.2, -0.15) is 0 Å². The predicted octanol–water partition coefficient (Wildman–Crippen LogP) is 2.09. The second kappa shape index (κ2) is 18.1. The average molecular weight is 834 g/mol. The van der Waals surface area contributed by atoms with Crippen molar-refractivity contribution in [2.75, 3.05) is 47.8 Å². The van der Waals surface area contributed by atoms with Crippen LogP contribution in [0.25, 0.3) is 0 Å². The molecule has 1 aromatic heterocycles. The molecule has 23 heteroatoms. The number of hydrogen-bond donors (Lipinski definition) is 4. The lowest BCUT2D eigenvalue weighted by molar-refractivity contribution is -0.223. The SMILES string of the molecule is COCC1(COC)S[C@@H]2N(C(=O)[C@@]2(OC)N(C(=O)CCCC(NC(=O)OCC(Cl)(Cl)Cl)C(=O)O)C(=O)Cc2cccs2)C(C(=O)O)=C1COC(N)=O. The third-order valence-electron chi connectivity index (χ3n) is 7.71. The van der Waals surface area contributed by atoms with Crippen molar-refractivity contribution in [1.82, 2.24) is 15.1 Å². The number of fused-ring (bicyclic) bond motifs is 1. The molecular weight excluding hydrogens is 799 g/mol.